The lowest BCUT2D eigenvalue weighted by Crippen LogP contribution is -2.29. The Morgan fingerprint density at radius 1 is 0.490 bits per heavy atom. The van der Waals surface area contributed by atoms with Crippen LogP contribution in [0.25, 0.3) is 11.1 Å². The molecule has 0 bridgehead atoms. The lowest BCUT2D eigenvalue weighted by molar-refractivity contribution is -0.385. The number of nitro groups is 2. The number of carbonyl (C=O) groups is 2. The summed E-state index contributed by atoms with van der Waals surface area (Å²) in [6.45, 7) is 0. The number of carbonyl (C=O) groups excluding carboxylic acids is 2. The van der Waals surface area contributed by atoms with E-state index < -0.39 is 22.8 Å². The first kappa shape index (κ1) is 81.6. The van der Waals surface area contributed by atoms with Crippen LogP contribution < -0.4 is 30.1 Å². The van der Waals surface area contributed by atoms with Gasteiger partial charge in [0, 0.05) is 59.2 Å². The Labute approximate surface area is 603 Å². The van der Waals surface area contributed by atoms with Crippen LogP contribution in [0.3, 0.4) is 0 Å². The van der Waals surface area contributed by atoms with Gasteiger partial charge >= 0.3 is 7.12 Å². The maximum absolute atomic E-state index is 13.1. The van der Waals surface area contributed by atoms with Crippen molar-refractivity contribution in [2.75, 3.05) is 41.3 Å². The SMILES string of the molecule is CO.COc1ccc(C(=O)c2ccc(F)cc2)c(C#N)c1Br.COc1ccc(C(=O)c2ccc(F)cc2)c(N)c1Br.COc1ccc(Cc2ccc(F)cc2)c(C#N)c1-c1cccc([N+](=O)[O-])c1.COc1ccc(Cc2ccc(F)cc2)c(C#N)c1Br.Cl.O=[N+]([O-])c1cccc(B(O)O)c1. The number of ketones is 2. The number of hydrogen-bond acceptors (Lipinski definition) is 17. The van der Waals surface area contributed by atoms with Crippen molar-refractivity contribution in [3.8, 4) is 52.3 Å². The number of anilines is 1. The number of nitrogens with zero attached hydrogens (tertiary/aromatic N) is 5. The molecule has 0 fully saturated rings. The lowest BCUT2D eigenvalue weighted by atomic mass is 9.80. The Hall–Kier alpha value is -10.8. The minimum Gasteiger partial charge on any atom is -0.496 e. The van der Waals surface area contributed by atoms with Crippen LogP contribution in [0.5, 0.6) is 23.0 Å². The molecule has 0 radical (unpaired) electrons. The van der Waals surface area contributed by atoms with E-state index in [0.29, 0.717) is 93.9 Å². The molecule has 5 N–H and O–H groups in total. The van der Waals surface area contributed by atoms with Crippen molar-refractivity contribution in [1.82, 2.24) is 0 Å². The van der Waals surface area contributed by atoms with Gasteiger partial charge in [-0.2, -0.15) is 15.8 Å². The van der Waals surface area contributed by atoms with Crippen molar-refractivity contribution in [1.29, 1.82) is 15.8 Å². The van der Waals surface area contributed by atoms with Gasteiger partial charge in [-0.1, -0.05) is 60.7 Å². The molecule has 10 rings (SSSR count). The molecule has 512 valence electrons. The van der Waals surface area contributed by atoms with Crippen molar-refractivity contribution in [3.63, 3.8) is 0 Å². The van der Waals surface area contributed by atoms with Gasteiger partial charge in [0.05, 0.1) is 74.1 Å². The van der Waals surface area contributed by atoms with E-state index in [1.54, 1.807) is 73.8 Å². The zero-order valence-corrected chi connectivity index (χ0v) is 58.8. The summed E-state index contributed by atoms with van der Waals surface area (Å²) in [4.78, 5) is 44.9. The number of aliphatic hydroxyl groups is 1. The second kappa shape index (κ2) is 40.2. The summed E-state index contributed by atoms with van der Waals surface area (Å²) in [5.41, 5.74) is 12.9. The Balaban J connectivity index is 0.000000268. The normalized spacial score (nSPS) is 9.80. The van der Waals surface area contributed by atoms with Gasteiger partial charge in [-0.3, -0.25) is 29.8 Å². The molecule has 0 amide bonds. The quantitative estimate of drug-likeness (QED) is 0.0174. The molecular weight excluding hydrogens is 1520 g/mol. The Kier molecular flexibility index (Phi) is 32.8. The summed E-state index contributed by atoms with van der Waals surface area (Å²) < 4.78 is 74.0. The molecule has 0 spiro atoms. The lowest BCUT2D eigenvalue weighted by Gasteiger charge is -2.14. The van der Waals surface area contributed by atoms with Gasteiger partial charge in [0.1, 0.15) is 64.5 Å². The average Bonchev–Trinajstić information content (AvgIpc) is 0.835. The van der Waals surface area contributed by atoms with Gasteiger partial charge in [0.2, 0.25) is 0 Å². The van der Waals surface area contributed by atoms with E-state index in [1.807, 2.05) is 18.2 Å². The van der Waals surface area contributed by atoms with Crippen LogP contribution in [0.4, 0.5) is 34.6 Å². The zero-order valence-electron chi connectivity index (χ0n) is 53.3. The average molecular weight is 1580 g/mol. The third kappa shape index (κ3) is 22.1. The van der Waals surface area contributed by atoms with E-state index in [0.717, 1.165) is 35.4 Å². The standard InChI is InChI=1S/C21H15FN2O3.C15H9BrFNO2.C15H11BrFNO.C14H11BrFNO2.C6H6BNO4.CH4O.ClH/c1-27-20-10-7-15(11-14-5-8-17(22)9-6-14)19(13-23)21(20)16-3-2-4-18(12-16)24(25)26;1-20-13-7-6-11(12(8-18)14(13)16)15(19)9-2-4-10(17)5-3-9;1-19-14-7-4-11(13(9-18)15(14)16)8-10-2-5-12(17)6-3-10;1-19-11-7-6-10(13(17)12(11)15)14(18)8-2-4-9(16)5-3-8;9-7(10)5-2-1-3-6(4-5)8(11)12;1-2;/h2-10,12H,11H2,1H3;2-7H,1H3;2-7H,8H2,1H3;2-7H,17H2,1H3;1-4,9-10H;2H,1H3;1H. The third-order valence-corrected chi connectivity index (χ3v) is 16.3. The van der Waals surface area contributed by atoms with Crippen LogP contribution in [0.2, 0.25) is 0 Å². The molecule has 0 heterocycles. The highest BCUT2D eigenvalue weighted by atomic mass is 79.9. The second-order valence-corrected chi connectivity index (χ2v) is 22.4. The molecule has 0 saturated carbocycles. The largest absolute Gasteiger partial charge is 0.496 e. The number of nitro benzene ring substituents is 2. The van der Waals surface area contributed by atoms with E-state index in [2.05, 4.69) is 59.9 Å². The summed E-state index contributed by atoms with van der Waals surface area (Å²) in [6.07, 6.45) is 1.00. The molecule has 0 aliphatic rings. The molecule has 0 aromatic heterocycles. The predicted molar refractivity (Wildman–Crippen MR) is 382 cm³/mol. The molecule has 0 aliphatic carbocycles. The fourth-order valence-electron chi connectivity index (χ4n) is 9.05. The minimum absolute atomic E-state index is 0. The highest BCUT2D eigenvalue weighted by Crippen LogP contribution is 2.39. The number of rotatable bonds is 16. The second-order valence-electron chi connectivity index (χ2n) is 20.0. The smallest absolute Gasteiger partial charge is 0.488 e. The van der Waals surface area contributed by atoms with E-state index in [-0.39, 0.29) is 69.4 Å². The molecule has 28 heteroatoms. The number of hydrogen-bond donors (Lipinski definition) is 4. The number of benzene rings is 10. The van der Waals surface area contributed by atoms with Crippen molar-refractivity contribution >= 4 is 101 Å². The van der Waals surface area contributed by atoms with E-state index in [4.69, 9.17) is 39.8 Å². The fourth-order valence-corrected chi connectivity index (χ4v) is 10.8. The van der Waals surface area contributed by atoms with Gasteiger partial charge in [-0.15, -0.1) is 12.4 Å². The summed E-state index contributed by atoms with van der Waals surface area (Å²) in [5, 5.41) is 73.9. The van der Waals surface area contributed by atoms with Gasteiger partial charge in [0.15, 0.2) is 11.6 Å². The van der Waals surface area contributed by atoms with Gasteiger partial charge < -0.3 is 39.8 Å². The number of aliphatic hydroxyl groups excluding tert-OH is 1. The summed E-state index contributed by atoms with van der Waals surface area (Å²) in [7, 11) is 5.37. The maximum Gasteiger partial charge on any atom is 0.488 e. The van der Waals surface area contributed by atoms with Crippen LogP contribution in [0.1, 0.15) is 70.8 Å². The van der Waals surface area contributed by atoms with Crippen molar-refractivity contribution < 1.29 is 71.1 Å². The predicted octanol–water partition coefficient (Wildman–Crippen LogP) is 15.3. The summed E-state index contributed by atoms with van der Waals surface area (Å²) in [6, 6.07) is 54.0. The third-order valence-electron chi connectivity index (χ3n) is 14.0. The van der Waals surface area contributed by atoms with Crippen LogP contribution in [-0.4, -0.2) is 79.2 Å². The van der Waals surface area contributed by atoms with Crippen molar-refractivity contribution in [2.45, 2.75) is 12.8 Å². The molecule has 0 unspecified atom stereocenters. The molecule has 10 aromatic carbocycles. The van der Waals surface area contributed by atoms with Crippen LogP contribution >= 0.6 is 60.2 Å². The zero-order chi connectivity index (χ0) is 73.0. The number of nitriles is 3. The van der Waals surface area contributed by atoms with Crippen molar-refractivity contribution in [2.24, 2.45) is 0 Å². The highest BCUT2D eigenvalue weighted by molar-refractivity contribution is 9.11. The number of halogens is 8. The first-order valence-electron chi connectivity index (χ1n) is 28.6. The molecule has 100 heavy (non-hydrogen) atoms. The Morgan fingerprint density at radius 2 is 0.850 bits per heavy atom. The highest BCUT2D eigenvalue weighted by Gasteiger charge is 2.22. The van der Waals surface area contributed by atoms with E-state index >= 15 is 0 Å². The first-order valence-corrected chi connectivity index (χ1v) is 30.9. The molecule has 10 aromatic rings. The first-order chi connectivity index (χ1) is 47.4. The molecule has 19 nitrogen and oxygen atoms in total. The number of methoxy groups -OCH3 is 4. The van der Waals surface area contributed by atoms with E-state index in [9.17, 15) is 63.2 Å². The fraction of sp³-hybridized carbons (Fsp3) is 0.0972. The number of ether oxygens (including phenoxy) is 4. The molecule has 0 aliphatic heterocycles. The minimum atomic E-state index is -1.66. The van der Waals surface area contributed by atoms with Crippen LogP contribution in [0, 0.1) is 77.5 Å². The van der Waals surface area contributed by atoms with Crippen molar-refractivity contribution in [3.05, 3.63) is 312 Å². The van der Waals surface area contributed by atoms with Gasteiger partial charge in [0.25, 0.3) is 11.4 Å². The molecule has 0 saturated heterocycles. The molecule has 0 atom stereocenters. The topological polar surface area (TPSA) is 315 Å². The van der Waals surface area contributed by atoms with Crippen LogP contribution in [0.15, 0.2) is 208 Å². The van der Waals surface area contributed by atoms with Gasteiger partial charge in [-0.25, -0.2) is 17.6 Å². The summed E-state index contributed by atoms with van der Waals surface area (Å²) in [5.74, 6) is 0.0928. The number of nitrogen functional groups attached to an aromatic ring is 1. The maximum atomic E-state index is 13.1. The Morgan fingerprint density at radius 3 is 1.27 bits per heavy atom. The van der Waals surface area contributed by atoms with E-state index in [1.165, 1.54) is 131 Å². The monoisotopic (exact) mass is 1570 g/mol. The number of non-ortho nitro benzene ring substituents is 2. The molecular formula is C72H57BBr3ClF4N6O13. The summed E-state index contributed by atoms with van der Waals surface area (Å²) >= 11 is 9.90. The van der Waals surface area contributed by atoms with Crippen LogP contribution in [-0.2, 0) is 12.8 Å². The Bertz CT molecular complexity index is 4650. The number of nitrogens with two attached hydrogens (primary N) is 1. The van der Waals surface area contributed by atoms with Gasteiger partial charge in [-0.05, 0) is 203 Å².